The van der Waals surface area contributed by atoms with E-state index in [1.165, 1.54) is 10.7 Å². The minimum absolute atomic E-state index is 0.200. The second kappa shape index (κ2) is 7.94. The average Bonchev–Trinajstić information content (AvgIpc) is 2.62. The fourth-order valence-corrected chi connectivity index (χ4v) is 3.11. The topological polar surface area (TPSA) is 64.0 Å². The quantitative estimate of drug-likeness (QED) is 0.706. The average molecular weight is 402 g/mol. The van der Waals surface area contributed by atoms with Gasteiger partial charge in [0.15, 0.2) is 5.69 Å². The zero-order valence-corrected chi connectivity index (χ0v) is 16.3. The summed E-state index contributed by atoms with van der Waals surface area (Å²) in [6, 6.07) is 15.3. The predicted molar refractivity (Wildman–Crippen MR) is 107 cm³/mol. The fraction of sp³-hybridized carbons (Fsp3) is 0.150. The summed E-state index contributed by atoms with van der Waals surface area (Å²) in [6.45, 7) is 3.54. The smallest absolute Gasteiger partial charge is 0.276 e. The number of aromatic nitrogens is 2. The first-order valence-electron chi connectivity index (χ1n) is 8.29. The molecule has 1 N–H and O–H groups in total. The summed E-state index contributed by atoms with van der Waals surface area (Å²) >= 11 is 12.2. The molecule has 0 aliphatic heterocycles. The highest BCUT2D eigenvalue weighted by Crippen LogP contribution is 2.20. The molecule has 0 aliphatic carbocycles. The number of aryl methyl sites for hydroxylation is 1. The summed E-state index contributed by atoms with van der Waals surface area (Å²) in [5.74, 6) is -0.562. The first kappa shape index (κ1) is 19.1. The molecule has 27 heavy (non-hydrogen) atoms. The van der Waals surface area contributed by atoms with Gasteiger partial charge in [0.05, 0.1) is 16.8 Å². The van der Waals surface area contributed by atoms with Crippen molar-refractivity contribution in [2.24, 2.45) is 0 Å². The third-order valence-electron chi connectivity index (χ3n) is 4.10. The van der Waals surface area contributed by atoms with Crippen LogP contribution in [0.4, 0.5) is 0 Å². The van der Waals surface area contributed by atoms with Gasteiger partial charge in [0.2, 0.25) is 5.43 Å². The zero-order chi connectivity index (χ0) is 19.6. The van der Waals surface area contributed by atoms with Crippen LogP contribution in [0.25, 0.3) is 5.69 Å². The lowest BCUT2D eigenvalue weighted by Gasteiger charge is -2.16. The van der Waals surface area contributed by atoms with Crippen molar-refractivity contribution in [2.75, 3.05) is 0 Å². The van der Waals surface area contributed by atoms with Gasteiger partial charge in [-0.2, -0.15) is 5.10 Å². The van der Waals surface area contributed by atoms with Gasteiger partial charge in [0.25, 0.3) is 5.91 Å². The third-order valence-corrected chi connectivity index (χ3v) is 4.65. The number of benzene rings is 2. The largest absolute Gasteiger partial charge is 0.344 e. The van der Waals surface area contributed by atoms with E-state index >= 15 is 0 Å². The van der Waals surface area contributed by atoms with Crippen molar-refractivity contribution in [3.05, 3.63) is 91.8 Å². The second-order valence-electron chi connectivity index (χ2n) is 6.11. The maximum atomic E-state index is 12.7. The standard InChI is InChI=1S/C20H17Cl2N3O2/c1-12-10-18(26)19(24-25(12)17-9-4-3-8-16(17)22)20(27)23-13(2)14-6-5-7-15(21)11-14/h3-11,13H,1-2H3,(H,23,27). The van der Waals surface area contributed by atoms with E-state index in [1.54, 1.807) is 49.4 Å². The van der Waals surface area contributed by atoms with E-state index in [0.717, 1.165) is 5.56 Å². The Morgan fingerprint density at radius 1 is 1.11 bits per heavy atom. The Balaban J connectivity index is 1.94. The lowest BCUT2D eigenvalue weighted by molar-refractivity contribution is 0.0932. The van der Waals surface area contributed by atoms with E-state index in [0.29, 0.717) is 21.4 Å². The van der Waals surface area contributed by atoms with Gasteiger partial charge in [-0.3, -0.25) is 9.59 Å². The molecule has 0 spiro atoms. The second-order valence-corrected chi connectivity index (χ2v) is 6.96. The molecule has 1 heterocycles. The first-order valence-corrected chi connectivity index (χ1v) is 9.04. The van der Waals surface area contributed by atoms with Crippen molar-refractivity contribution in [1.29, 1.82) is 0 Å². The number of nitrogens with one attached hydrogen (secondary N) is 1. The van der Waals surface area contributed by atoms with Crippen LogP contribution in [0, 0.1) is 6.92 Å². The number of rotatable bonds is 4. The van der Waals surface area contributed by atoms with Crippen LogP contribution < -0.4 is 10.7 Å². The maximum absolute atomic E-state index is 12.7. The van der Waals surface area contributed by atoms with Crippen molar-refractivity contribution in [1.82, 2.24) is 15.1 Å². The number of hydrogen-bond acceptors (Lipinski definition) is 3. The molecule has 0 saturated heterocycles. The molecule has 1 aromatic heterocycles. The Hall–Kier alpha value is -2.63. The summed E-state index contributed by atoms with van der Waals surface area (Å²) in [7, 11) is 0. The van der Waals surface area contributed by atoms with Crippen LogP contribution >= 0.6 is 23.2 Å². The molecule has 1 unspecified atom stereocenters. The number of halogens is 2. The molecular weight excluding hydrogens is 385 g/mol. The molecule has 7 heteroatoms. The molecule has 0 fully saturated rings. The molecule has 5 nitrogen and oxygen atoms in total. The minimum Gasteiger partial charge on any atom is -0.344 e. The van der Waals surface area contributed by atoms with E-state index in [9.17, 15) is 9.59 Å². The highest BCUT2D eigenvalue weighted by molar-refractivity contribution is 6.32. The molecule has 1 amide bonds. The van der Waals surface area contributed by atoms with Crippen LogP contribution in [0.15, 0.2) is 59.4 Å². The van der Waals surface area contributed by atoms with Crippen LogP contribution in [-0.4, -0.2) is 15.7 Å². The molecule has 2 aromatic carbocycles. The van der Waals surface area contributed by atoms with Gasteiger partial charge in [-0.25, -0.2) is 4.68 Å². The summed E-state index contributed by atoms with van der Waals surface area (Å²) in [5, 5.41) is 8.08. The molecule has 1 atom stereocenters. The van der Waals surface area contributed by atoms with Crippen LogP contribution in [0.2, 0.25) is 10.0 Å². The van der Waals surface area contributed by atoms with E-state index in [2.05, 4.69) is 10.4 Å². The Labute approximate surface area is 166 Å². The van der Waals surface area contributed by atoms with Crippen molar-refractivity contribution in [3.8, 4) is 5.69 Å². The first-order chi connectivity index (χ1) is 12.9. The Kier molecular flexibility index (Phi) is 5.63. The summed E-state index contributed by atoms with van der Waals surface area (Å²) < 4.78 is 1.49. The predicted octanol–water partition coefficient (Wildman–Crippen LogP) is 4.34. The van der Waals surface area contributed by atoms with Crippen molar-refractivity contribution in [3.63, 3.8) is 0 Å². The monoisotopic (exact) mass is 401 g/mol. The van der Waals surface area contributed by atoms with Gasteiger partial charge in [-0.05, 0) is 43.7 Å². The van der Waals surface area contributed by atoms with E-state index in [4.69, 9.17) is 23.2 Å². The van der Waals surface area contributed by atoms with Gasteiger partial charge >= 0.3 is 0 Å². The summed E-state index contributed by atoms with van der Waals surface area (Å²) in [6.07, 6.45) is 0. The lowest BCUT2D eigenvalue weighted by Crippen LogP contribution is -2.33. The molecular formula is C20H17Cl2N3O2. The molecule has 0 aliphatic rings. The van der Waals surface area contributed by atoms with E-state index < -0.39 is 11.3 Å². The van der Waals surface area contributed by atoms with E-state index in [1.807, 2.05) is 13.0 Å². The molecule has 0 saturated carbocycles. The van der Waals surface area contributed by atoms with Crippen LogP contribution in [0.1, 0.15) is 34.7 Å². The number of hydrogen-bond donors (Lipinski definition) is 1. The van der Waals surface area contributed by atoms with Crippen molar-refractivity contribution >= 4 is 29.1 Å². The van der Waals surface area contributed by atoms with Gasteiger partial charge < -0.3 is 5.32 Å². The van der Waals surface area contributed by atoms with Gasteiger partial charge in [-0.1, -0.05) is 47.5 Å². The minimum atomic E-state index is -0.562. The molecule has 3 aromatic rings. The molecule has 0 radical (unpaired) electrons. The summed E-state index contributed by atoms with van der Waals surface area (Å²) in [4.78, 5) is 25.0. The number of nitrogens with zero attached hydrogens (tertiary/aromatic N) is 2. The normalized spacial score (nSPS) is 11.9. The van der Waals surface area contributed by atoms with Gasteiger partial charge in [0, 0.05) is 16.8 Å². The van der Waals surface area contributed by atoms with Crippen LogP contribution in [0.3, 0.4) is 0 Å². The highest BCUT2D eigenvalue weighted by Gasteiger charge is 2.18. The number of para-hydroxylation sites is 1. The SMILES string of the molecule is Cc1cc(=O)c(C(=O)NC(C)c2cccc(Cl)c2)nn1-c1ccccc1Cl. The Morgan fingerprint density at radius 3 is 2.56 bits per heavy atom. The highest BCUT2D eigenvalue weighted by atomic mass is 35.5. The fourth-order valence-electron chi connectivity index (χ4n) is 2.70. The number of amides is 1. The van der Waals surface area contributed by atoms with Crippen molar-refractivity contribution < 1.29 is 4.79 Å². The number of carbonyl (C=O) groups is 1. The lowest BCUT2D eigenvalue weighted by atomic mass is 10.1. The molecule has 3 rings (SSSR count). The van der Waals surface area contributed by atoms with Gasteiger partial charge in [0.1, 0.15) is 0 Å². The van der Waals surface area contributed by atoms with Crippen LogP contribution in [0.5, 0.6) is 0 Å². The Bertz CT molecular complexity index is 1060. The third kappa shape index (κ3) is 4.21. The molecule has 0 bridgehead atoms. The van der Waals surface area contributed by atoms with Gasteiger partial charge in [-0.15, -0.1) is 0 Å². The van der Waals surface area contributed by atoms with E-state index in [-0.39, 0.29) is 11.7 Å². The van der Waals surface area contributed by atoms with Crippen LogP contribution in [-0.2, 0) is 0 Å². The molecule has 138 valence electrons. The van der Waals surface area contributed by atoms with Crippen molar-refractivity contribution in [2.45, 2.75) is 19.9 Å². The zero-order valence-electron chi connectivity index (χ0n) is 14.7. The number of carbonyl (C=O) groups excluding carboxylic acids is 1. The maximum Gasteiger partial charge on any atom is 0.276 e. The summed E-state index contributed by atoms with van der Waals surface area (Å²) in [5.41, 5.74) is 1.34. The Morgan fingerprint density at radius 2 is 1.85 bits per heavy atom.